The first-order valence-electron chi connectivity index (χ1n) is 5.39. The molecule has 0 bridgehead atoms. The Hall–Kier alpha value is -2.34. The molecular formula is C12H11ClN4O2. The van der Waals surface area contributed by atoms with Gasteiger partial charge in [-0.2, -0.15) is 5.10 Å². The van der Waals surface area contributed by atoms with Crippen LogP contribution in [-0.2, 0) is 6.54 Å². The van der Waals surface area contributed by atoms with Gasteiger partial charge < -0.3 is 11.5 Å². The Morgan fingerprint density at radius 1 is 1.32 bits per heavy atom. The van der Waals surface area contributed by atoms with Crippen molar-refractivity contribution in [1.29, 1.82) is 0 Å². The number of halogens is 1. The normalized spacial score (nSPS) is 10.4. The quantitative estimate of drug-likeness (QED) is 0.859. The molecule has 0 atom stereocenters. The number of anilines is 1. The number of nitrogen functional groups attached to an aromatic ring is 1. The van der Waals surface area contributed by atoms with Gasteiger partial charge in [0.2, 0.25) is 5.91 Å². The second-order valence-corrected chi connectivity index (χ2v) is 4.33. The highest BCUT2D eigenvalue weighted by Crippen LogP contribution is 2.18. The van der Waals surface area contributed by atoms with Crippen molar-refractivity contribution in [3.63, 3.8) is 0 Å². The largest absolute Gasteiger partial charge is 0.382 e. The molecule has 0 aliphatic carbocycles. The molecule has 1 heterocycles. The lowest BCUT2D eigenvalue weighted by Gasteiger charge is -2.07. The second kappa shape index (κ2) is 5.11. The van der Waals surface area contributed by atoms with E-state index in [9.17, 15) is 9.59 Å². The van der Waals surface area contributed by atoms with Gasteiger partial charge >= 0.3 is 0 Å². The molecule has 0 saturated carbocycles. The number of primary amides is 1. The zero-order valence-electron chi connectivity index (χ0n) is 9.84. The van der Waals surface area contributed by atoms with Crippen molar-refractivity contribution in [3.05, 3.63) is 56.8 Å². The minimum Gasteiger partial charge on any atom is -0.382 e. The Kier molecular flexibility index (Phi) is 3.52. The number of rotatable bonds is 3. The van der Waals surface area contributed by atoms with E-state index >= 15 is 0 Å². The predicted octanol–water partition coefficient (Wildman–Crippen LogP) is 0.626. The number of hydrogen-bond acceptors (Lipinski definition) is 4. The molecule has 19 heavy (non-hydrogen) atoms. The van der Waals surface area contributed by atoms with Crippen molar-refractivity contribution in [2.45, 2.75) is 6.54 Å². The summed E-state index contributed by atoms with van der Waals surface area (Å²) in [4.78, 5) is 22.6. The van der Waals surface area contributed by atoms with Crippen LogP contribution in [0.4, 0.5) is 5.82 Å². The minimum atomic E-state index is -0.562. The van der Waals surface area contributed by atoms with Crippen molar-refractivity contribution >= 4 is 23.3 Å². The van der Waals surface area contributed by atoms with E-state index in [0.717, 1.165) is 0 Å². The Bertz CT molecular complexity index is 696. The topological polar surface area (TPSA) is 104 Å². The van der Waals surface area contributed by atoms with Crippen LogP contribution in [0, 0.1) is 0 Å². The van der Waals surface area contributed by atoms with Crippen LogP contribution < -0.4 is 17.0 Å². The molecule has 0 radical (unpaired) electrons. The monoisotopic (exact) mass is 278 g/mol. The highest BCUT2D eigenvalue weighted by Gasteiger charge is 2.07. The standard InChI is InChI=1S/C12H11ClN4O2/c13-9-5-7(12(15)19)1-2-8(9)6-17-11(18)4-3-10(14)16-17/h1-5H,6H2,(H2,14,16)(H2,15,19). The fraction of sp³-hybridized carbons (Fsp3) is 0.0833. The lowest BCUT2D eigenvalue weighted by atomic mass is 10.1. The Balaban J connectivity index is 2.36. The number of hydrogen-bond donors (Lipinski definition) is 2. The van der Waals surface area contributed by atoms with Gasteiger partial charge in [-0.25, -0.2) is 4.68 Å². The van der Waals surface area contributed by atoms with Gasteiger partial charge in [-0.1, -0.05) is 17.7 Å². The SMILES string of the molecule is NC(=O)c1ccc(Cn2nc(N)ccc2=O)c(Cl)c1. The number of carbonyl (C=O) groups excluding carboxylic acids is 1. The minimum absolute atomic E-state index is 0.168. The third-order valence-electron chi connectivity index (χ3n) is 2.54. The van der Waals surface area contributed by atoms with Crippen molar-refractivity contribution < 1.29 is 4.79 Å². The van der Waals surface area contributed by atoms with E-state index in [2.05, 4.69) is 5.10 Å². The Morgan fingerprint density at radius 2 is 2.05 bits per heavy atom. The summed E-state index contributed by atoms with van der Waals surface area (Å²) in [6.45, 7) is 0.168. The van der Waals surface area contributed by atoms with Gasteiger partial charge in [0.1, 0.15) is 5.82 Å². The van der Waals surface area contributed by atoms with E-state index in [0.29, 0.717) is 16.1 Å². The van der Waals surface area contributed by atoms with Gasteiger partial charge in [0.15, 0.2) is 0 Å². The molecule has 0 aliphatic rings. The van der Waals surface area contributed by atoms with E-state index in [1.54, 1.807) is 12.1 Å². The van der Waals surface area contributed by atoms with Crippen molar-refractivity contribution in [2.24, 2.45) is 5.73 Å². The number of carbonyl (C=O) groups is 1. The molecule has 4 N–H and O–H groups in total. The van der Waals surface area contributed by atoms with Crippen molar-refractivity contribution in [1.82, 2.24) is 9.78 Å². The van der Waals surface area contributed by atoms with Gasteiger partial charge in [-0.05, 0) is 23.8 Å². The molecule has 6 nitrogen and oxygen atoms in total. The average molecular weight is 279 g/mol. The second-order valence-electron chi connectivity index (χ2n) is 3.92. The van der Waals surface area contributed by atoms with Gasteiger partial charge in [0, 0.05) is 16.7 Å². The first-order chi connectivity index (χ1) is 8.97. The molecule has 0 saturated heterocycles. The van der Waals surface area contributed by atoms with Gasteiger partial charge in [0.25, 0.3) is 5.56 Å². The van der Waals surface area contributed by atoms with Crippen LogP contribution in [0.15, 0.2) is 35.1 Å². The van der Waals surface area contributed by atoms with Gasteiger partial charge in [0.05, 0.1) is 6.54 Å². The highest BCUT2D eigenvalue weighted by atomic mass is 35.5. The molecule has 0 spiro atoms. The van der Waals surface area contributed by atoms with Crippen LogP contribution in [0.1, 0.15) is 15.9 Å². The lowest BCUT2D eigenvalue weighted by molar-refractivity contribution is 0.100. The van der Waals surface area contributed by atoms with Crippen LogP contribution in [0.2, 0.25) is 5.02 Å². The molecule has 1 aromatic carbocycles. The fourth-order valence-electron chi connectivity index (χ4n) is 1.57. The van der Waals surface area contributed by atoms with Crippen molar-refractivity contribution in [3.8, 4) is 0 Å². The zero-order chi connectivity index (χ0) is 14.0. The number of amides is 1. The van der Waals surface area contributed by atoms with Crippen LogP contribution in [0.3, 0.4) is 0 Å². The van der Waals surface area contributed by atoms with Crippen LogP contribution >= 0.6 is 11.6 Å². The molecule has 1 aromatic heterocycles. The molecule has 7 heteroatoms. The summed E-state index contributed by atoms with van der Waals surface area (Å²) in [6, 6.07) is 7.38. The van der Waals surface area contributed by atoms with E-state index in [1.807, 2.05) is 0 Å². The molecule has 2 rings (SSSR count). The predicted molar refractivity (Wildman–Crippen MR) is 72.0 cm³/mol. The summed E-state index contributed by atoms with van der Waals surface area (Å²) in [5.74, 6) is -0.322. The summed E-state index contributed by atoms with van der Waals surface area (Å²) in [6.07, 6.45) is 0. The van der Waals surface area contributed by atoms with E-state index in [4.69, 9.17) is 23.1 Å². The summed E-state index contributed by atoms with van der Waals surface area (Å²) < 4.78 is 1.19. The molecule has 2 aromatic rings. The average Bonchev–Trinajstić information content (AvgIpc) is 2.36. The summed E-state index contributed by atoms with van der Waals surface area (Å²) in [5.41, 5.74) is 11.3. The molecule has 98 valence electrons. The highest BCUT2D eigenvalue weighted by molar-refractivity contribution is 6.31. The Labute approximate surface area is 113 Å². The van der Waals surface area contributed by atoms with Crippen LogP contribution in [0.25, 0.3) is 0 Å². The lowest BCUT2D eigenvalue weighted by Crippen LogP contribution is -2.23. The number of nitrogens with zero attached hydrogens (tertiary/aromatic N) is 2. The van der Waals surface area contributed by atoms with Crippen LogP contribution in [-0.4, -0.2) is 15.7 Å². The Morgan fingerprint density at radius 3 is 2.68 bits per heavy atom. The van der Waals surface area contributed by atoms with Gasteiger partial charge in [-0.3, -0.25) is 9.59 Å². The first-order valence-corrected chi connectivity index (χ1v) is 5.77. The maximum atomic E-state index is 11.6. The number of benzene rings is 1. The number of nitrogens with two attached hydrogens (primary N) is 2. The maximum absolute atomic E-state index is 11.6. The maximum Gasteiger partial charge on any atom is 0.267 e. The van der Waals surface area contributed by atoms with E-state index in [-0.39, 0.29) is 17.9 Å². The first kappa shape index (κ1) is 13.1. The molecule has 1 amide bonds. The van der Waals surface area contributed by atoms with E-state index < -0.39 is 5.91 Å². The molecule has 0 aliphatic heterocycles. The molecular weight excluding hydrogens is 268 g/mol. The summed E-state index contributed by atoms with van der Waals surface area (Å²) in [5, 5.41) is 4.24. The summed E-state index contributed by atoms with van der Waals surface area (Å²) in [7, 11) is 0. The smallest absolute Gasteiger partial charge is 0.267 e. The fourth-order valence-corrected chi connectivity index (χ4v) is 1.81. The molecule has 0 unspecified atom stereocenters. The third-order valence-corrected chi connectivity index (χ3v) is 2.90. The van der Waals surface area contributed by atoms with Crippen molar-refractivity contribution in [2.75, 3.05) is 5.73 Å². The van der Waals surface area contributed by atoms with E-state index in [1.165, 1.54) is 22.9 Å². The third kappa shape index (κ3) is 2.92. The van der Waals surface area contributed by atoms with Gasteiger partial charge in [-0.15, -0.1) is 0 Å². The zero-order valence-corrected chi connectivity index (χ0v) is 10.6. The molecule has 0 fully saturated rings. The number of aromatic nitrogens is 2. The summed E-state index contributed by atoms with van der Waals surface area (Å²) >= 11 is 6.03. The van der Waals surface area contributed by atoms with Crippen LogP contribution in [0.5, 0.6) is 0 Å².